The molecule has 0 spiro atoms. The third kappa shape index (κ3) is 4.10. The molecule has 0 radical (unpaired) electrons. The average Bonchev–Trinajstić information content (AvgIpc) is 3.02. The average molecular weight is 446 g/mol. The number of amides is 1. The van der Waals surface area contributed by atoms with E-state index in [9.17, 15) is 18.0 Å². The number of carbonyl (C=O) groups is 1. The summed E-state index contributed by atoms with van der Waals surface area (Å²) in [6.45, 7) is 5.87. The lowest BCUT2D eigenvalue weighted by molar-refractivity contribution is -0.137. The van der Waals surface area contributed by atoms with Crippen molar-refractivity contribution in [1.29, 1.82) is 0 Å². The molecule has 10 heteroatoms. The highest BCUT2D eigenvalue weighted by molar-refractivity contribution is 9.10. The Morgan fingerprint density at radius 3 is 2.37 bits per heavy atom. The lowest BCUT2D eigenvalue weighted by Gasteiger charge is -2.35. The number of hydrogen-bond donors (Lipinski definition) is 1. The Balaban J connectivity index is 1.64. The molecule has 1 fully saturated rings. The predicted octanol–water partition coefficient (Wildman–Crippen LogP) is 3.67. The molecule has 6 nitrogen and oxygen atoms in total. The Kier molecular flexibility index (Phi) is 5.45. The molecular formula is C17H19BrF3N5O. The van der Waals surface area contributed by atoms with Crippen molar-refractivity contribution in [3.05, 3.63) is 39.8 Å². The van der Waals surface area contributed by atoms with Crippen LogP contribution in [-0.4, -0.2) is 52.2 Å². The van der Waals surface area contributed by atoms with Gasteiger partial charge in [0, 0.05) is 32.4 Å². The van der Waals surface area contributed by atoms with Crippen LogP contribution in [0.4, 0.5) is 19.0 Å². The molecule has 146 valence electrons. The number of H-pyrrole nitrogens is 1. The van der Waals surface area contributed by atoms with E-state index in [-0.39, 0.29) is 11.8 Å². The first-order valence-corrected chi connectivity index (χ1v) is 9.29. The van der Waals surface area contributed by atoms with E-state index in [1.807, 2.05) is 18.7 Å². The van der Waals surface area contributed by atoms with Crippen molar-refractivity contribution in [1.82, 2.24) is 20.1 Å². The van der Waals surface area contributed by atoms with Crippen molar-refractivity contribution in [3.8, 4) is 0 Å². The number of anilines is 1. The van der Waals surface area contributed by atoms with Crippen molar-refractivity contribution >= 4 is 27.7 Å². The van der Waals surface area contributed by atoms with Crippen LogP contribution in [0.1, 0.15) is 41.5 Å². The predicted molar refractivity (Wildman–Crippen MR) is 97.7 cm³/mol. The smallest absolute Gasteiger partial charge is 0.353 e. The molecule has 0 aromatic carbocycles. The molecule has 1 aliphatic heterocycles. The molecule has 0 atom stereocenters. The van der Waals surface area contributed by atoms with Gasteiger partial charge in [-0.3, -0.25) is 9.89 Å². The molecule has 3 rings (SSSR count). The Morgan fingerprint density at radius 1 is 1.22 bits per heavy atom. The van der Waals surface area contributed by atoms with Gasteiger partial charge in [-0.05, 0) is 34.0 Å². The molecule has 0 saturated carbocycles. The van der Waals surface area contributed by atoms with Crippen LogP contribution in [0.25, 0.3) is 0 Å². The minimum Gasteiger partial charge on any atom is -0.353 e. The Hall–Kier alpha value is -2.10. The number of alkyl halides is 3. The fraction of sp³-hybridized carbons (Fsp3) is 0.471. The minimum absolute atomic E-state index is 0.176. The van der Waals surface area contributed by atoms with Crippen LogP contribution in [0.15, 0.2) is 22.8 Å². The van der Waals surface area contributed by atoms with E-state index >= 15 is 0 Å². The minimum atomic E-state index is -4.40. The Bertz CT molecular complexity index is 811. The van der Waals surface area contributed by atoms with Crippen LogP contribution in [0, 0.1) is 0 Å². The quantitative estimate of drug-likeness (QED) is 0.782. The number of nitrogens with zero attached hydrogens (tertiary/aromatic N) is 4. The summed E-state index contributed by atoms with van der Waals surface area (Å²) >= 11 is 3.44. The van der Waals surface area contributed by atoms with E-state index in [4.69, 9.17) is 0 Å². The summed E-state index contributed by atoms with van der Waals surface area (Å²) in [5.41, 5.74) is 0.440. The van der Waals surface area contributed by atoms with Crippen molar-refractivity contribution in [3.63, 3.8) is 0 Å². The molecule has 0 aliphatic carbocycles. The van der Waals surface area contributed by atoms with E-state index < -0.39 is 11.7 Å². The van der Waals surface area contributed by atoms with Crippen LogP contribution in [0.3, 0.4) is 0 Å². The first kappa shape index (κ1) is 19.7. The number of rotatable bonds is 3. The number of nitrogens with one attached hydrogen (secondary N) is 1. The van der Waals surface area contributed by atoms with Crippen LogP contribution >= 0.6 is 15.9 Å². The number of piperazine rings is 1. The molecule has 1 amide bonds. The molecule has 2 aromatic heterocycles. The summed E-state index contributed by atoms with van der Waals surface area (Å²) in [6, 6.07) is 2.38. The Morgan fingerprint density at radius 2 is 1.89 bits per heavy atom. The molecular weight excluding hydrogens is 427 g/mol. The van der Waals surface area contributed by atoms with Gasteiger partial charge >= 0.3 is 6.18 Å². The van der Waals surface area contributed by atoms with Gasteiger partial charge in [0.05, 0.1) is 15.7 Å². The summed E-state index contributed by atoms with van der Waals surface area (Å²) in [6.07, 6.45) is -3.57. The zero-order valence-corrected chi connectivity index (χ0v) is 16.4. The lowest BCUT2D eigenvalue weighted by atomic mass is 10.1. The number of pyridine rings is 1. The fourth-order valence-corrected chi connectivity index (χ4v) is 3.70. The number of carbonyl (C=O) groups excluding carboxylic acids is 1. The SMILES string of the molecule is CC(C)c1[nH]nc(C(=O)N2CCN(c3ccc(C(F)(F)F)cn3)CC2)c1Br. The standard InChI is InChI=1S/C17H19BrF3N5O/c1-10(2)14-13(18)15(24-23-14)16(27)26-7-5-25(6-8-26)12-4-3-11(9-22-12)17(19,20)21/h3-4,9-10H,5-8H2,1-2H3,(H,23,24). The van der Waals surface area contributed by atoms with Gasteiger partial charge < -0.3 is 9.80 Å². The van der Waals surface area contributed by atoms with Crippen molar-refractivity contribution in [2.24, 2.45) is 0 Å². The second-order valence-electron chi connectivity index (χ2n) is 6.64. The number of hydrogen-bond acceptors (Lipinski definition) is 4. The molecule has 2 aromatic rings. The first-order chi connectivity index (χ1) is 12.7. The van der Waals surface area contributed by atoms with Gasteiger partial charge in [-0.2, -0.15) is 18.3 Å². The van der Waals surface area contributed by atoms with Gasteiger partial charge in [0.15, 0.2) is 5.69 Å². The molecule has 1 saturated heterocycles. The largest absolute Gasteiger partial charge is 0.417 e. The van der Waals surface area contributed by atoms with Gasteiger partial charge in [-0.1, -0.05) is 13.8 Å². The normalized spacial score (nSPS) is 15.5. The number of halogens is 4. The number of aromatic amines is 1. The van der Waals surface area contributed by atoms with Crippen LogP contribution < -0.4 is 4.90 Å². The fourth-order valence-electron chi connectivity index (χ4n) is 2.90. The van der Waals surface area contributed by atoms with Crippen LogP contribution in [0.5, 0.6) is 0 Å². The summed E-state index contributed by atoms with van der Waals surface area (Å²) in [5.74, 6) is 0.499. The molecule has 0 bridgehead atoms. The second-order valence-corrected chi connectivity index (χ2v) is 7.43. The van der Waals surface area contributed by atoms with E-state index in [2.05, 4.69) is 31.1 Å². The van der Waals surface area contributed by atoms with Gasteiger partial charge in [0.1, 0.15) is 5.82 Å². The first-order valence-electron chi connectivity index (χ1n) is 8.49. The molecule has 27 heavy (non-hydrogen) atoms. The van der Waals surface area contributed by atoms with E-state index in [0.29, 0.717) is 42.2 Å². The van der Waals surface area contributed by atoms with E-state index in [0.717, 1.165) is 18.0 Å². The van der Waals surface area contributed by atoms with Crippen molar-refractivity contribution in [2.75, 3.05) is 31.1 Å². The van der Waals surface area contributed by atoms with Gasteiger partial charge in [0.25, 0.3) is 5.91 Å². The van der Waals surface area contributed by atoms with E-state index in [1.165, 1.54) is 6.07 Å². The van der Waals surface area contributed by atoms with Crippen molar-refractivity contribution in [2.45, 2.75) is 25.9 Å². The van der Waals surface area contributed by atoms with Gasteiger partial charge in [-0.15, -0.1) is 0 Å². The maximum atomic E-state index is 12.7. The molecule has 1 aliphatic rings. The third-order valence-corrected chi connectivity index (χ3v) is 5.28. The molecule has 3 heterocycles. The summed E-state index contributed by atoms with van der Waals surface area (Å²) in [7, 11) is 0. The van der Waals surface area contributed by atoms with Crippen LogP contribution in [0.2, 0.25) is 0 Å². The number of aromatic nitrogens is 3. The topological polar surface area (TPSA) is 65.1 Å². The van der Waals surface area contributed by atoms with Crippen LogP contribution in [-0.2, 0) is 6.18 Å². The highest BCUT2D eigenvalue weighted by atomic mass is 79.9. The summed E-state index contributed by atoms with van der Waals surface area (Å²) in [4.78, 5) is 20.2. The summed E-state index contributed by atoms with van der Waals surface area (Å²) < 4.78 is 38.6. The zero-order valence-electron chi connectivity index (χ0n) is 14.8. The monoisotopic (exact) mass is 445 g/mol. The summed E-state index contributed by atoms with van der Waals surface area (Å²) in [5, 5.41) is 7.02. The lowest BCUT2D eigenvalue weighted by Crippen LogP contribution is -2.49. The highest BCUT2D eigenvalue weighted by Crippen LogP contribution is 2.30. The van der Waals surface area contributed by atoms with Gasteiger partial charge in [0.2, 0.25) is 0 Å². The van der Waals surface area contributed by atoms with Gasteiger partial charge in [-0.25, -0.2) is 4.98 Å². The molecule has 1 N–H and O–H groups in total. The van der Waals surface area contributed by atoms with E-state index in [1.54, 1.807) is 4.90 Å². The zero-order chi connectivity index (χ0) is 19.8. The third-order valence-electron chi connectivity index (χ3n) is 4.48. The maximum Gasteiger partial charge on any atom is 0.417 e. The Labute approximate surface area is 162 Å². The molecule has 0 unspecified atom stereocenters. The highest BCUT2D eigenvalue weighted by Gasteiger charge is 2.31. The maximum absolute atomic E-state index is 12.7. The second kappa shape index (κ2) is 7.49. The van der Waals surface area contributed by atoms with Crippen molar-refractivity contribution < 1.29 is 18.0 Å².